The maximum absolute atomic E-state index is 2.55. The Labute approximate surface area is 150 Å². The normalized spacial score (nSPS) is 15.9. The summed E-state index contributed by atoms with van der Waals surface area (Å²) in [5, 5.41) is 0. The Bertz CT molecular complexity index is 749. The van der Waals surface area contributed by atoms with Crippen LogP contribution in [0, 0.1) is 13.8 Å². The van der Waals surface area contributed by atoms with Crippen LogP contribution in [-0.4, -0.2) is 13.3 Å². The topological polar surface area (TPSA) is 3.88 Å². The monoisotopic (exact) mass is 384 g/mol. The van der Waals surface area contributed by atoms with Crippen molar-refractivity contribution in [2.45, 2.75) is 62.7 Å². The van der Waals surface area contributed by atoms with Crippen molar-refractivity contribution in [2.75, 3.05) is 0 Å². The van der Waals surface area contributed by atoms with Crippen LogP contribution in [0.1, 0.15) is 48.3 Å². The molecule has 128 valence electrons. The van der Waals surface area contributed by atoms with Crippen LogP contribution in [0.2, 0.25) is 17.3 Å². The van der Waals surface area contributed by atoms with E-state index >= 15 is 0 Å². The molecule has 0 bridgehead atoms. The van der Waals surface area contributed by atoms with Gasteiger partial charge in [0.15, 0.2) is 0 Å². The second kappa shape index (κ2) is 6.67. The summed E-state index contributed by atoms with van der Waals surface area (Å²) in [6.45, 7) is 4.43. The van der Waals surface area contributed by atoms with Crippen molar-refractivity contribution in [1.82, 2.24) is 0 Å². The zero-order chi connectivity index (χ0) is 17.5. The minimum atomic E-state index is -1.92. The van der Waals surface area contributed by atoms with E-state index in [0.717, 1.165) is 5.92 Å². The first-order valence-electron chi connectivity index (χ1n) is 9.39. The number of rotatable bonds is 3. The number of pyridine rings is 1. The first-order chi connectivity index (χ1) is 11.3. The number of nitrogens with zero attached hydrogens (tertiary/aromatic N) is 1. The minimum absolute atomic E-state index is 0.795. The Morgan fingerprint density at radius 2 is 1.67 bits per heavy atom. The van der Waals surface area contributed by atoms with Crippen LogP contribution in [0.15, 0.2) is 30.5 Å². The molecule has 0 N–H and O–H groups in total. The molecule has 1 aliphatic carbocycles. The van der Waals surface area contributed by atoms with Crippen LogP contribution < -0.4 is 8.96 Å². The predicted molar refractivity (Wildman–Crippen MR) is 107 cm³/mol. The molecule has 1 fully saturated rings. The van der Waals surface area contributed by atoms with Crippen LogP contribution in [0.3, 0.4) is 0 Å². The van der Waals surface area contributed by atoms with Crippen molar-refractivity contribution >= 4 is 17.7 Å². The van der Waals surface area contributed by atoms with E-state index in [2.05, 4.69) is 73.2 Å². The molecular formula is C22H32GeN+. The summed E-state index contributed by atoms with van der Waals surface area (Å²) in [4.78, 5) is 0. The molecule has 1 heterocycles. The van der Waals surface area contributed by atoms with E-state index in [-0.39, 0.29) is 0 Å². The third kappa shape index (κ3) is 3.47. The third-order valence-corrected chi connectivity index (χ3v) is 9.88. The second-order valence-electron chi connectivity index (χ2n) is 8.69. The maximum atomic E-state index is 2.55. The molecule has 1 saturated carbocycles. The van der Waals surface area contributed by atoms with Crippen molar-refractivity contribution in [3.63, 3.8) is 0 Å². The summed E-state index contributed by atoms with van der Waals surface area (Å²) >= 11 is -1.92. The summed E-state index contributed by atoms with van der Waals surface area (Å²) in [7, 11) is 2.23. The summed E-state index contributed by atoms with van der Waals surface area (Å²) < 4.78 is 4.10. The number of benzene rings is 1. The van der Waals surface area contributed by atoms with Crippen LogP contribution >= 0.6 is 0 Å². The molecule has 1 aromatic heterocycles. The van der Waals surface area contributed by atoms with Gasteiger partial charge in [-0.3, -0.25) is 0 Å². The molecule has 0 saturated heterocycles. The Morgan fingerprint density at radius 3 is 2.29 bits per heavy atom. The van der Waals surface area contributed by atoms with Gasteiger partial charge >= 0.3 is 150 Å². The molecule has 3 rings (SSSR count). The van der Waals surface area contributed by atoms with Crippen molar-refractivity contribution < 1.29 is 4.57 Å². The fourth-order valence-corrected chi connectivity index (χ4v) is 7.74. The van der Waals surface area contributed by atoms with Crippen LogP contribution in [0.4, 0.5) is 0 Å². The summed E-state index contributed by atoms with van der Waals surface area (Å²) in [6, 6.07) is 9.37. The van der Waals surface area contributed by atoms with E-state index in [1.54, 1.807) is 9.96 Å². The van der Waals surface area contributed by atoms with Crippen LogP contribution in [0.25, 0.3) is 11.3 Å². The Balaban J connectivity index is 2.20. The van der Waals surface area contributed by atoms with Gasteiger partial charge in [0.05, 0.1) is 0 Å². The van der Waals surface area contributed by atoms with Crippen molar-refractivity contribution in [3.05, 3.63) is 47.2 Å². The van der Waals surface area contributed by atoms with Gasteiger partial charge in [-0.1, -0.05) is 0 Å². The van der Waals surface area contributed by atoms with Gasteiger partial charge in [0, 0.05) is 0 Å². The number of aromatic nitrogens is 1. The van der Waals surface area contributed by atoms with E-state index in [9.17, 15) is 0 Å². The average molecular weight is 383 g/mol. The standard InChI is InChI=1S/C22H32GeN/c1-16-11-12-17(2)19(13-16)22-14-21(23(3,4)5)20(15-24(22)6)18-9-7-8-10-18/h11-15,18H,7-10H2,1-6H3/q+1. The SMILES string of the molecule is Cc1ccc(C)c(-c2c[c]([Ge]([CH3])([CH3])[CH3])c(C3CCCC3)c[n+]2C)c1. The molecule has 1 aliphatic rings. The van der Waals surface area contributed by atoms with Gasteiger partial charge in [-0.2, -0.15) is 0 Å². The van der Waals surface area contributed by atoms with Gasteiger partial charge in [-0.15, -0.1) is 0 Å². The van der Waals surface area contributed by atoms with Crippen LogP contribution in [-0.2, 0) is 7.05 Å². The van der Waals surface area contributed by atoms with E-state index in [0.29, 0.717) is 0 Å². The molecule has 24 heavy (non-hydrogen) atoms. The predicted octanol–water partition coefficient (Wildman–Crippen LogP) is 5.00. The fraction of sp³-hybridized carbons (Fsp3) is 0.500. The molecule has 0 aliphatic heterocycles. The number of hydrogen-bond donors (Lipinski definition) is 0. The Hall–Kier alpha value is -1.09. The van der Waals surface area contributed by atoms with Gasteiger partial charge in [0.1, 0.15) is 0 Å². The summed E-state index contributed by atoms with van der Waals surface area (Å²) in [5.41, 5.74) is 7.15. The van der Waals surface area contributed by atoms with Gasteiger partial charge < -0.3 is 0 Å². The average Bonchev–Trinajstić information content (AvgIpc) is 3.02. The van der Waals surface area contributed by atoms with Crippen molar-refractivity contribution in [1.29, 1.82) is 0 Å². The molecule has 0 atom stereocenters. The molecule has 1 aromatic carbocycles. The van der Waals surface area contributed by atoms with Gasteiger partial charge in [-0.05, 0) is 0 Å². The zero-order valence-corrected chi connectivity index (χ0v) is 18.3. The second-order valence-corrected chi connectivity index (χ2v) is 19.3. The van der Waals surface area contributed by atoms with Crippen molar-refractivity contribution in [2.24, 2.45) is 7.05 Å². The molecule has 0 amide bonds. The van der Waals surface area contributed by atoms with Gasteiger partial charge in [-0.25, -0.2) is 0 Å². The van der Waals surface area contributed by atoms with E-state index in [4.69, 9.17) is 0 Å². The van der Waals surface area contributed by atoms with Crippen molar-refractivity contribution in [3.8, 4) is 11.3 Å². The van der Waals surface area contributed by atoms with Crippen LogP contribution in [0.5, 0.6) is 0 Å². The molecule has 0 unspecified atom stereocenters. The number of aryl methyl sites for hydroxylation is 3. The third-order valence-electron chi connectivity index (χ3n) is 5.58. The summed E-state index contributed by atoms with van der Waals surface area (Å²) in [5.74, 6) is 8.42. The molecule has 0 spiro atoms. The van der Waals surface area contributed by atoms with E-state index in [1.165, 1.54) is 48.1 Å². The summed E-state index contributed by atoms with van der Waals surface area (Å²) in [6.07, 6.45) is 8.05. The molecular weight excluding hydrogens is 351 g/mol. The molecule has 2 aromatic rings. The van der Waals surface area contributed by atoms with E-state index in [1.807, 2.05) is 0 Å². The molecule has 0 radical (unpaired) electrons. The molecule has 1 nitrogen and oxygen atoms in total. The Morgan fingerprint density at radius 1 is 1.00 bits per heavy atom. The van der Waals surface area contributed by atoms with E-state index < -0.39 is 13.3 Å². The first-order valence-corrected chi connectivity index (χ1v) is 16.7. The fourth-order valence-electron chi connectivity index (χ4n) is 4.16. The quantitative estimate of drug-likeness (QED) is 0.519. The van der Waals surface area contributed by atoms with Gasteiger partial charge in [0.2, 0.25) is 0 Å². The zero-order valence-electron chi connectivity index (χ0n) is 16.2. The Kier molecular flexibility index (Phi) is 4.92. The molecule has 2 heteroatoms. The first kappa shape index (κ1) is 17.7. The van der Waals surface area contributed by atoms with Gasteiger partial charge in [0.25, 0.3) is 0 Å². The number of hydrogen-bond acceptors (Lipinski definition) is 0.